The minimum absolute atomic E-state index is 0.0344. The number of benzene rings is 1. The number of likely N-dealkylation sites (tertiary alicyclic amines) is 1. The Balaban J connectivity index is 1.38. The summed E-state index contributed by atoms with van der Waals surface area (Å²) >= 11 is 5.97. The van der Waals surface area contributed by atoms with Gasteiger partial charge in [0, 0.05) is 29.8 Å². The maximum absolute atomic E-state index is 13.1. The summed E-state index contributed by atoms with van der Waals surface area (Å²) in [5.41, 5.74) is 2.34. The number of nitrogens with zero attached hydrogens (tertiary/aromatic N) is 2. The molecular weight excluding hydrogens is 358 g/mol. The second-order valence-electron chi connectivity index (χ2n) is 8.64. The van der Waals surface area contributed by atoms with Crippen LogP contribution in [0.1, 0.15) is 38.5 Å². The minimum Gasteiger partial charge on any atom is -0.317 e. The lowest BCUT2D eigenvalue weighted by molar-refractivity contribution is 0.00908. The van der Waals surface area contributed by atoms with Crippen molar-refractivity contribution in [2.24, 2.45) is 11.8 Å². The Morgan fingerprint density at radius 3 is 2.81 bits per heavy atom. The van der Waals surface area contributed by atoms with Crippen LogP contribution in [0, 0.1) is 11.8 Å². The van der Waals surface area contributed by atoms with Gasteiger partial charge in [-0.3, -0.25) is 4.90 Å². The van der Waals surface area contributed by atoms with E-state index in [4.69, 9.17) is 11.6 Å². The van der Waals surface area contributed by atoms with E-state index in [1.165, 1.54) is 37.8 Å². The van der Waals surface area contributed by atoms with E-state index in [-0.39, 0.29) is 12.1 Å². The van der Waals surface area contributed by atoms with Crippen LogP contribution in [0.4, 0.5) is 10.5 Å². The average Bonchev–Trinajstić information content (AvgIpc) is 2.69. The summed E-state index contributed by atoms with van der Waals surface area (Å²) in [7, 11) is 0. The van der Waals surface area contributed by atoms with Gasteiger partial charge in [0.05, 0.1) is 6.04 Å². The standard InChI is InChI=1S/C22H28ClN3O/c23-18-6-8-19(9-7-18)24-22(27)26-11-3-4-15-12-16-13-17(21(15)26)14-25-10-2-1-5-20(16)25/h6-9,12,16-17,20-21H,1-5,10-11,13-14H2,(H,24,27)/t16-,17+,20+,21+/m0/s1. The molecule has 3 aliphatic heterocycles. The molecule has 2 bridgehead atoms. The molecule has 2 amide bonds. The molecule has 1 aromatic rings. The Kier molecular flexibility index (Phi) is 4.65. The van der Waals surface area contributed by atoms with Gasteiger partial charge in [0.2, 0.25) is 0 Å². The predicted octanol–water partition coefficient (Wildman–Crippen LogP) is 4.77. The van der Waals surface area contributed by atoms with Crippen molar-refractivity contribution in [1.82, 2.24) is 9.80 Å². The van der Waals surface area contributed by atoms with E-state index in [0.717, 1.165) is 37.7 Å². The summed E-state index contributed by atoms with van der Waals surface area (Å²) < 4.78 is 0. The van der Waals surface area contributed by atoms with Crippen molar-refractivity contribution in [2.75, 3.05) is 25.0 Å². The summed E-state index contributed by atoms with van der Waals surface area (Å²) in [6, 6.07) is 8.45. The third-order valence-electron chi connectivity index (χ3n) is 7.01. The van der Waals surface area contributed by atoms with Crippen LogP contribution < -0.4 is 5.32 Å². The molecule has 1 N–H and O–H groups in total. The first kappa shape index (κ1) is 17.6. The van der Waals surface area contributed by atoms with Gasteiger partial charge >= 0.3 is 6.03 Å². The normalized spacial score (nSPS) is 32.9. The Morgan fingerprint density at radius 2 is 1.96 bits per heavy atom. The molecular formula is C22H28ClN3O. The fourth-order valence-electron chi connectivity index (χ4n) is 5.93. The molecule has 144 valence electrons. The number of urea groups is 1. The number of anilines is 1. The summed E-state index contributed by atoms with van der Waals surface area (Å²) in [4.78, 5) is 17.9. The monoisotopic (exact) mass is 385 g/mol. The molecule has 0 unspecified atom stereocenters. The molecule has 4 nitrogen and oxygen atoms in total. The van der Waals surface area contributed by atoms with Crippen LogP contribution in [-0.2, 0) is 0 Å². The van der Waals surface area contributed by atoms with Crippen molar-refractivity contribution < 1.29 is 4.79 Å². The first-order valence-corrected chi connectivity index (χ1v) is 10.8. The molecule has 0 radical (unpaired) electrons. The van der Waals surface area contributed by atoms with E-state index in [9.17, 15) is 4.79 Å². The number of hydrogen-bond acceptors (Lipinski definition) is 2. The van der Waals surface area contributed by atoms with Crippen LogP contribution in [0.5, 0.6) is 0 Å². The summed E-state index contributed by atoms with van der Waals surface area (Å²) in [6.45, 7) is 3.25. The maximum Gasteiger partial charge on any atom is 0.322 e. The Hall–Kier alpha value is -1.52. The molecule has 5 heteroatoms. The second kappa shape index (κ2) is 7.14. The molecule has 3 saturated heterocycles. The lowest BCUT2D eigenvalue weighted by Gasteiger charge is -2.54. The largest absolute Gasteiger partial charge is 0.322 e. The molecule has 27 heavy (non-hydrogen) atoms. The van der Waals surface area contributed by atoms with Crippen molar-refractivity contribution in [3.63, 3.8) is 0 Å². The van der Waals surface area contributed by atoms with Crippen molar-refractivity contribution in [1.29, 1.82) is 0 Å². The number of piperidine rings is 3. The van der Waals surface area contributed by atoms with E-state index in [2.05, 4.69) is 21.2 Å². The van der Waals surface area contributed by atoms with E-state index < -0.39 is 0 Å². The van der Waals surface area contributed by atoms with Crippen molar-refractivity contribution in [2.45, 2.75) is 50.6 Å². The maximum atomic E-state index is 13.1. The van der Waals surface area contributed by atoms with Crippen LogP contribution in [0.15, 0.2) is 35.9 Å². The summed E-state index contributed by atoms with van der Waals surface area (Å²) in [5.74, 6) is 1.29. The van der Waals surface area contributed by atoms with E-state index in [0.29, 0.717) is 16.9 Å². The average molecular weight is 386 g/mol. The van der Waals surface area contributed by atoms with Crippen molar-refractivity contribution in [3.05, 3.63) is 40.9 Å². The smallest absolute Gasteiger partial charge is 0.317 e. The highest BCUT2D eigenvalue weighted by Crippen LogP contribution is 2.45. The molecule has 0 aromatic heterocycles. The molecule has 0 spiro atoms. The van der Waals surface area contributed by atoms with Gasteiger partial charge in [0.25, 0.3) is 0 Å². The number of amides is 2. The number of carbonyl (C=O) groups is 1. The number of nitrogens with one attached hydrogen (secondary N) is 1. The zero-order valence-electron chi connectivity index (χ0n) is 15.7. The fourth-order valence-corrected chi connectivity index (χ4v) is 6.06. The molecule has 5 rings (SSSR count). The Bertz CT molecular complexity index is 746. The Morgan fingerprint density at radius 1 is 1.11 bits per heavy atom. The van der Waals surface area contributed by atoms with E-state index in [1.54, 1.807) is 0 Å². The topological polar surface area (TPSA) is 35.6 Å². The third-order valence-corrected chi connectivity index (χ3v) is 7.27. The molecule has 4 aliphatic rings. The quantitative estimate of drug-likeness (QED) is 0.707. The molecule has 1 aromatic carbocycles. The highest BCUT2D eigenvalue weighted by atomic mass is 35.5. The fraction of sp³-hybridized carbons (Fsp3) is 0.591. The highest BCUT2D eigenvalue weighted by molar-refractivity contribution is 6.30. The van der Waals surface area contributed by atoms with Gasteiger partial charge in [-0.2, -0.15) is 0 Å². The lowest BCUT2D eigenvalue weighted by Crippen LogP contribution is -2.60. The van der Waals surface area contributed by atoms with Crippen LogP contribution in [0.25, 0.3) is 0 Å². The number of carbonyl (C=O) groups excluding carboxylic acids is 1. The minimum atomic E-state index is 0.0344. The molecule has 1 aliphatic carbocycles. The third kappa shape index (κ3) is 3.27. The van der Waals surface area contributed by atoms with Crippen LogP contribution in [0.3, 0.4) is 0 Å². The first-order chi connectivity index (χ1) is 13.2. The zero-order valence-corrected chi connectivity index (χ0v) is 16.5. The highest BCUT2D eigenvalue weighted by Gasteiger charge is 2.46. The van der Waals surface area contributed by atoms with E-state index >= 15 is 0 Å². The van der Waals surface area contributed by atoms with Crippen LogP contribution in [0.2, 0.25) is 5.02 Å². The van der Waals surface area contributed by atoms with Gasteiger partial charge in [0.1, 0.15) is 0 Å². The predicted molar refractivity (Wildman–Crippen MR) is 109 cm³/mol. The molecule has 3 heterocycles. The van der Waals surface area contributed by atoms with Crippen molar-refractivity contribution >= 4 is 23.3 Å². The number of halogens is 1. The van der Waals surface area contributed by atoms with Gasteiger partial charge in [0.15, 0.2) is 0 Å². The number of fused-ring (bicyclic) bond motifs is 6. The number of hydrogen-bond donors (Lipinski definition) is 1. The summed E-state index contributed by atoms with van der Waals surface area (Å²) in [5, 5.41) is 3.78. The van der Waals surface area contributed by atoms with Crippen molar-refractivity contribution in [3.8, 4) is 0 Å². The molecule has 0 saturated carbocycles. The summed E-state index contributed by atoms with van der Waals surface area (Å²) in [6.07, 6.45) is 10.1. The SMILES string of the molecule is O=C(Nc1ccc(Cl)cc1)N1CCCC2=C[C@H]3C[C@H](CN4CCCC[C@H]34)[C@@H]21. The second-order valence-corrected chi connectivity index (χ2v) is 9.07. The van der Waals surface area contributed by atoms with Gasteiger partial charge in [-0.25, -0.2) is 4.79 Å². The molecule has 3 fully saturated rings. The van der Waals surface area contributed by atoms with Crippen LogP contribution >= 0.6 is 11.6 Å². The Labute approximate surface area is 166 Å². The van der Waals surface area contributed by atoms with Gasteiger partial charge < -0.3 is 10.2 Å². The van der Waals surface area contributed by atoms with Gasteiger partial charge in [-0.05, 0) is 74.8 Å². The first-order valence-electron chi connectivity index (χ1n) is 10.5. The van der Waals surface area contributed by atoms with Crippen LogP contribution in [-0.4, -0.2) is 47.5 Å². The van der Waals surface area contributed by atoms with E-state index in [1.807, 2.05) is 24.3 Å². The lowest BCUT2D eigenvalue weighted by atomic mass is 9.68. The zero-order chi connectivity index (χ0) is 18.4. The van der Waals surface area contributed by atoms with Gasteiger partial charge in [-0.15, -0.1) is 0 Å². The molecule has 4 atom stereocenters. The number of rotatable bonds is 1. The van der Waals surface area contributed by atoms with Gasteiger partial charge in [-0.1, -0.05) is 29.7 Å².